The molecule has 1 amide bonds. The lowest BCUT2D eigenvalue weighted by atomic mass is 10.2. The number of anilines is 2. The monoisotopic (exact) mass is 369 g/mol. The van der Waals surface area contributed by atoms with Crippen molar-refractivity contribution >= 4 is 45.9 Å². The van der Waals surface area contributed by atoms with Gasteiger partial charge in [-0.05, 0) is 32.9 Å². The Morgan fingerprint density at radius 1 is 1.38 bits per heavy atom. The van der Waals surface area contributed by atoms with Gasteiger partial charge in [0.1, 0.15) is 11.4 Å². The average Bonchev–Trinajstić information content (AvgIpc) is 2.86. The number of halogens is 1. The zero-order valence-corrected chi connectivity index (χ0v) is 14.9. The minimum atomic E-state index is -1.000. The van der Waals surface area contributed by atoms with E-state index in [4.69, 9.17) is 21.4 Å². The number of hydrogen-bond donors (Lipinski definition) is 1. The second kappa shape index (κ2) is 7.14. The fraction of sp³-hybridized carbons (Fsp3) is 0.333. The van der Waals surface area contributed by atoms with Crippen LogP contribution in [0.15, 0.2) is 23.7 Å². The van der Waals surface area contributed by atoms with Crippen molar-refractivity contribution in [3.05, 3.63) is 34.4 Å². The maximum absolute atomic E-state index is 12.6. The maximum atomic E-state index is 12.6. The zero-order chi connectivity index (χ0) is 17.9. The summed E-state index contributed by atoms with van der Waals surface area (Å²) in [6, 6.07) is 3.15. The Bertz CT molecular complexity index is 740. The van der Waals surface area contributed by atoms with Gasteiger partial charge in [0.25, 0.3) is 0 Å². The highest BCUT2D eigenvalue weighted by molar-refractivity contribution is 7.14. The maximum Gasteiger partial charge on any atom is 0.422 e. The second-order valence-electron chi connectivity index (χ2n) is 5.84. The van der Waals surface area contributed by atoms with Gasteiger partial charge in [-0.3, -0.25) is 4.79 Å². The molecule has 24 heavy (non-hydrogen) atoms. The molecule has 0 aromatic carbocycles. The number of aromatic nitrogens is 2. The summed E-state index contributed by atoms with van der Waals surface area (Å²) >= 11 is 6.96. The van der Waals surface area contributed by atoms with Crippen LogP contribution in [0.5, 0.6) is 0 Å². The highest BCUT2D eigenvalue weighted by Gasteiger charge is 2.28. The molecule has 1 N–H and O–H groups in total. The van der Waals surface area contributed by atoms with Crippen molar-refractivity contribution in [3.8, 4) is 0 Å². The molecule has 2 aromatic heterocycles. The van der Waals surface area contributed by atoms with Gasteiger partial charge in [-0.15, -0.1) is 11.3 Å². The Morgan fingerprint density at radius 2 is 2.08 bits per heavy atom. The number of carbonyl (C=O) groups is 2. The van der Waals surface area contributed by atoms with E-state index in [1.165, 1.54) is 11.1 Å². The quantitative estimate of drug-likeness (QED) is 0.878. The third kappa shape index (κ3) is 4.90. The number of aliphatic carboxylic acids is 1. The summed E-state index contributed by atoms with van der Waals surface area (Å²) in [4.78, 5) is 32.9. The molecular weight excluding hydrogens is 354 g/mol. The summed E-state index contributed by atoms with van der Waals surface area (Å²) in [6.45, 7) is 5.24. The molecule has 0 saturated heterocycles. The van der Waals surface area contributed by atoms with Crippen LogP contribution >= 0.6 is 22.9 Å². The van der Waals surface area contributed by atoms with Crippen LogP contribution in [0.2, 0.25) is 5.02 Å². The molecule has 0 unspecified atom stereocenters. The number of ether oxygens (including phenoxy) is 1. The van der Waals surface area contributed by atoms with Gasteiger partial charge in [-0.25, -0.2) is 19.7 Å². The number of rotatable bonds is 4. The van der Waals surface area contributed by atoms with Gasteiger partial charge in [0.2, 0.25) is 5.13 Å². The number of carboxylic acid groups (broad SMARTS) is 1. The van der Waals surface area contributed by atoms with Crippen LogP contribution in [0.4, 0.5) is 15.7 Å². The molecule has 0 radical (unpaired) electrons. The molecule has 128 valence electrons. The van der Waals surface area contributed by atoms with Gasteiger partial charge in [-0.2, -0.15) is 0 Å². The predicted molar refractivity (Wildman–Crippen MR) is 91.1 cm³/mol. The van der Waals surface area contributed by atoms with Crippen LogP contribution in [0.25, 0.3) is 0 Å². The van der Waals surface area contributed by atoms with Gasteiger partial charge in [0.05, 0.1) is 17.1 Å². The molecule has 0 fully saturated rings. The van der Waals surface area contributed by atoms with Gasteiger partial charge >= 0.3 is 12.1 Å². The van der Waals surface area contributed by atoms with Crippen LogP contribution in [-0.4, -0.2) is 32.7 Å². The topological polar surface area (TPSA) is 92.6 Å². The van der Waals surface area contributed by atoms with Gasteiger partial charge in [0.15, 0.2) is 0 Å². The van der Waals surface area contributed by atoms with E-state index in [-0.39, 0.29) is 17.4 Å². The van der Waals surface area contributed by atoms with Crippen molar-refractivity contribution in [2.45, 2.75) is 32.8 Å². The van der Waals surface area contributed by atoms with Crippen molar-refractivity contribution in [3.63, 3.8) is 0 Å². The van der Waals surface area contributed by atoms with Crippen molar-refractivity contribution in [1.82, 2.24) is 9.97 Å². The molecule has 0 aliphatic heterocycles. The number of pyridine rings is 1. The molecule has 0 saturated carbocycles. The van der Waals surface area contributed by atoms with E-state index in [1.54, 1.807) is 38.3 Å². The SMILES string of the molecule is CC(C)(C)OC(=O)N(c1ccc(Cl)cn1)c1nc(CC(=O)O)cs1. The van der Waals surface area contributed by atoms with E-state index in [0.717, 1.165) is 11.3 Å². The summed E-state index contributed by atoms with van der Waals surface area (Å²) in [7, 11) is 0. The number of thiazole rings is 1. The van der Waals surface area contributed by atoms with Crippen LogP contribution in [-0.2, 0) is 16.0 Å². The molecule has 2 rings (SSSR count). The van der Waals surface area contributed by atoms with Crippen LogP contribution in [0.3, 0.4) is 0 Å². The van der Waals surface area contributed by atoms with Crippen molar-refractivity contribution in [2.24, 2.45) is 0 Å². The molecular formula is C15H16ClN3O4S. The summed E-state index contributed by atoms with van der Waals surface area (Å²) in [6.07, 6.45) is 0.515. The predicted octanol–water partition coefficient (Wildman–Crippen LogP) is 3.89. The highest BCUT2D eigenvalue weighted by atomic mass is 35.5. The van der Waals surface area contributed by atoms with Crippen molar-refractivity contribution < 1.29 is 19.4 Å². The van der Waals surface area contributed by atoms with Gasteiger partial charge < -0.3 is 9.84 Å². The second-order valence-corrected chi connectivity index (χ2v) is 7.12. The Kier molecular flexibility index (Phi) is 5.40. The first-order valence-electron chi connectivity index (χ1n) is 6.96. The summed E-state index contributed by atoms with van der Waals surface area (Å²) in [5.74, 6) is -0.717. The van der Waals surface area contributed by atoms with E-state index in [1.807, 2.05) is 0 Å². The first-order chi connectivity index (χ1) is 11.2. The lowest BCUT2D eigenvalue weighted by Crippen LogP contribution is -2.34. The molecule has 2 heterocycles. The fourth-order valence-corrected chi connectivity index (χ4v) is 2.65. The molecule has 7 nitrogen and oxygen atoms in total. The fourth-order valence-electron chi connectivity index (χ4n) is 1.71. The minimum absolute atomic E-state index is 0.229. The smallest absolute Gasteiger partial charge is 0.422 e. The third-order valence-electron chi connectivity index (χ3n) is 2.58. The number of carbonyl (C=O) groups excluding carboxylic acids is 1. The Hall–Kier alpha value is -2.19. The standard InChI is InChI=1S/C15H16ClN3O4S/c1-15(2,3)23-14(22)19(11-5-4-9(16)7-17-11)13-18-10(8-24-13)6-12(20)21/h4-5,7-8H,6H2,1-3H3,(H,20,21). The summed E-state index contributed by atoms with van der Waals surface area (Å²) in [5.41, 5.74) is -0.354. The lowest BCUT2D eigenvalue weighted by Gasteiger charge is -2.25. The number of hydrogen-bond acceptors (Lipinski definition) is 6. The zero-order valence-electron chi connectivity index (χ0n) is 13.3. The average molecular weight is 370 g/mol. The van der Waals surface area contributed by atoms with Crippen molar-refractivity contribution in [1.29, 1.82) is 0 Å². The van der Waals surface area contributed by atoms with E-state index in [0.29, 0.717) is 10.7 Å². The first-order valence-corrected chi connectivity index (χ1v) is 8.22. The molecule has 0 atom stereocenters. The van der Waals surface area contributed by atoms with Crippen LogP contribution in [0, 0.1) is 0 Å². The Morgan fingerprint density at radius 3 is 2.62 bits per heavy atom. The minimum Gasteiger partial charge on any atom is -0.481 e. The number of nitrogens with zero attached hydrogens (tertiary/aromatic N) is 3. The molecule has 2 aromatic rings. The normalized spacial score (nSPS) is 11.2. The van der Waals surface area contributed by atoms with Gasteiger partial charge in [0, 0.05) is 11.6 Å². The first kappa shape index (κ1) is 18.2. The lowest BCUT2D eigenvalue weighted by molar-refractivity contribution is -0.136. The number of carboxylic acids is 1. The third-order valence-corrected chi connectivity index (χ3v) is 3.68. The molecule has 0 bridgehead atoms. The molecule has 9 heteroatoms. The van der Waals surface area contributed by atoms with E-state index >= 15 is 0 Å². The van der Waals surface area contributed by atoms with E-state index in [9.17, 15) is 9.59 Å². The van der Waals surface area contributed by atoms with E-state index < -0.39 is 17.7 Å². The van der Waals surface area contributed by atoms with Crippen LogP contribution < -0.4 is 4.90 Å². The number of amides is 1. The summed E-state index contributed by atoms with van der Waals surface area (Å²) in [5, 5.41) is 11.1. The molecule has 0 aliphatic carbocycles. The Balaban J connectivity index is 2.38. The van der Waals surface area contributed by atoms with Gasteiger partial charge in [-0.1, -0.05) is 11.6 Å². The Labute approximate surface area is 147 Å². The highest BCUT2D eigenvalue weighted by Crippen LogP contribution is 2.30. The van der Waals surface area contributed by atoms with Crippen LogP contribution in [0.1, 0.15) is 26.5 Å². The van der Waals surface area contributed by atoms with E-state index in [2.05, 4.69) is 9.97 Å². The summed E-state index contributed by atoms with van der Waals surface area (Å²) < 4.78 is 5.39. The molecule has 0 spiro atoms. The largest absolute Gasteiger partial charge is 0.481 e. The van der Waals surface area contributed by atoms with Crippen molar-refractivity contribution in [2.75, 3.05) is 4.90 Å². The molecule has 0 aliphatic rings.